The predicted molar refractivity (Wildman–Crippen MR) is 115 cm³/mol. The summed E-state index contributed by atoms with van der Waals surface area (Å²) >= 11 is 0. The van der Waals surface area contributed by atoms with Crippen LogP contribution in [0.1, 0.15) is 73.4 Å². The number of unbranched alkanes of at least 4 members (excludes halogenated alkanes) is 1. The quantitative estimate of drug-likeness (QED) is 0.730. The maximum Gasteiger partial charge on any atom is 0.254 e. The SMILES string of the molecule is CCCCNC1CCc2cc(C(=O)N3CCCC3CN3CCCC3)ccc2C1. The molecule has 4 heteroatoms. The molecule has 0 aromatic heterocycles. The van der Waals surface area contributed by atoms with Crippen LogP contribution in [0.2, 0.25) is 0 Å². The number of nitrogens with zero attached hydrogens (tertiary/aromatic N) is 2. The maximum atomic E-state index is 13.3. The summed E-state index contributed by atoms with van der Waals surface area (Å²) in [6, 6.07) is 7.52. The first-order chi connectivity index (χ1) is 13.7. The summed E-state index contributed by atoms with van der Waals surface area (Å²) in [6.07, 6.45) is 10.8. The molecule has 0 bridgehead atoms. The van der Waals surface area contributed by atoms with Gasteiger partial charge in [-0.15, -0.1) is 0 Å². The Morgan fingerprint density at radius 1 is 1.11 bits per heavy atom. The van der Waals surface area contributed by atoms with Crippen molar-refractivity contribution in [3.8, 4) is 0 Å². The van der Waals surface area contributed by atoms with Gasteiger partial charge in [0.1, 0.15) is 0 Å². The van der Waals surface area contributed by atoms with Crippen molar-refractivity contribution in [3.63, 3.8) is 0 Å². The summed E-state index contributed by atoms with van der Waals surface area (Å²) in [4.78, 5) is 18.0. The first-order valence-electron chi connectivity index (χ1n) is 11.6. The molecule has 2 fully saturated rings. The van der Waals surface area contributed by atoms with E-state index in [2.05, 4.69) is 40.2 Å². The number of fused-ring (bicyclic) bond motifs is 1. The van der Waals surface area contributed by atoms with E-state index in [1.54, 1.807) is 0 Å². The molecule has 2 atom stereocenters. The molecule has 1 aromatic rings. The fourth-order valence-electron chi connectivity index (χ4n) is 5.27. The average molecular weight is 384 g/mol. The van der Waals surface area contributed by atoms with E-state index in [0.717, 1.165) is 50.9 Å². The van der Waals surface area contributed by atoms with Crippen molar-refractivity contribution in [3.05, 3.63) is 34.9 Å². The molecule has 4 nitrogen and oxygen atoms in total. The van der Waals surface area contributed by atoms with E-state index in [1.165, 1.54) is 56.3 Å². The Labute approximate surface area is 170 Å². The Hall–Kier alpha value is -1.39. The molecule has 2 saturated heterocycles. The minimum atomic E-state index is 0.257. The highest BCUT2D eigenvalue weighted by Gasteiger charge is 2.31. The van der Waals surface area contributed by atoms with Gasteiger partial charge in [0.05, 0.1) is 0 Å². The number of hydrogen-bond donors (Lipinski definition) is 1. The summed E-state index contributed by atoms with van der Waals surface area (Å²) < 4.78 is 0. The van der Waals surface area contributed by atoms with Crippen molar-refractivity contribution in [2.75, 3.05) is 32.7 Å². The van der Waals surface area contributed by atoms with Crippen LogP contribution in [0.15, 0.2) is 18.2 Å². The number of rotatable bonds is 7. The highest BCUT2D eigenvalue weighted by Crippen LogP contribution is 2.26. The standard InChI is InChI=1S/C24H37N3O/c1-2-3-12-25-22-11-10-19-16-21(9-8-20(19)17-22)24(28)27-15-6-7-23(27)18-26-13-4-5-14-26/h8-9,16,22-23,25H,2-7,10-15,17-18H2,1H3. The molecular formula is C24H37N3O. The second-order valence-corrected chi connectivity index (χ2v) is 9.03. The normalized spacial score (nSPS) is 25.2. The molecule has 1 aliphatic carbocycles. The zero-order chi connectivity index (χ0) is 19.3. The van der Waals surface area contributed by atoms with E-state index in [4.69, 9.17) is 0 Å². The maximum absolute atomic E-state index is 13.3. The van der Waals surface area contributed by atoms with Crippen LogP contribution in [0.3, 0.4) is 0 Å². The fraction of sp³-hybridized carbons (Fsp3) is 0.708. The zero-order valence-corrected chi connectivity index (χ0v) is 17.6. The second kappa shape index (κ2) is 9.41. The molecule has 0 spiro atoms. The zero-order valence-electron chi connectivity index (χ0n) is 17.6. The third-order valence-electron chi connectivity index (χ3n) is 6.95. The van der Waals surface area contributed by atoms with E-state index in [9.17, 15) is 4.79 Å². The first kappa shape index (κ1) is 19.9. The average Bonchev–Trinajstić information content (AvgIpc) is 3.40. The van der Waals surface area contributed by atoms with Crippen LogP contribution in [0, 0.1) is 0 Å². The Kier molecular flexibility index (Phi) is 6.69. The van der Waals surface area contributed by atoms with Gasteiger partial charge in [-0.25, -0.2) is 0 Å². The van der Waals surface area contributed by atoms with Crippen LogP contribution in [-0.2, 0) is 12.8 Å². The van der Waals surface area contributed by atoms with Gasteiger partial charge in [0, 0.05) is 30.7 Å². The molecule has 1 amide bonds. The van der Waals surface area contributed by atoms with Gasteiger partial charge in [-0.05, 0) is 94.3 Å². The van der Waals surface area contributed by atoms with Crippen molar-refractivity contribution >= 4 is 5.91 Å². The third-order valence-corrected chi connectivity index (χ3v) is 6.95. The Balaban J connectivity index is 1.38. The summed E-state index contributed by atoms with van der Waals surface area (Å²) in [5, 5.41) is 3.71. The van der Waals surface area contributed by atoms with Crippen LogP contribution in [0.4, 0.5) is 0 Å². The summed E-state index contributed by atoms with van der Waals surface area (Å²) in [5.74, 6) is 0.257. The smallest absolute Gasteiger partial charge is 0.254 e. The van der Waals surface area contributed by atoms with E-state index in [1.807, 2.05) is 0 Å². The van der Waals surface area contributed by atoms with Gasteiger partial charge >= 0.3 is 0 Å². The number of likely N-dealkylation sites (tertiary alicyclic amines) is 2. The lowest BCUT2D eigenvalue weighted by Gasteiger charge is -2.29. The number of carbonyl (C=O) groups excluding carboxylic acids is 1. The highest BCUT2D eigenvalue weighted by atomic mass is 16.2. The van der Waals surface area contributed by atoms with Crippen LogP contribution in [-0.4, -0.2) is 60.5 Å². The van der Waals surface area contributed by atoms with E-state index < -0.39 is 0 Å². The lowest BCUT2D eigenvalue weighted by molar-refractivity contribution is 0.0708. The summed E-state index contributed by atoms with van der Waals surface area (Å²) in [6.45, 7) is 7.79. The molecule has 0 radical (unpaired) electrons. The monoisotopic (exact) mass is 383 g/mol. The molecular weight excluding hydrogens is 346 g/mol. The van der Waals surface area contributed by atoms with Gasteiger partial charge in [-0.1, -0.05) is 19.4 Å². The molecule has 1 aromatic carbocycles. The predicted octanol–water partition coefficient (Wildman–Crippen LogP) is 3.63. The molecule has 3 aliphatic rings. The number of amides is 1. The molecule has 4 rings (SSSR count). The van der Waals surface area contributed by atoms with Gasteiger partial charge in [0.25, 0.3) is 5.91 Å². The number of nitrogens with one attached hydrogen (secondary N) is 1. The lowest BCUT2D eigenvalue weighted by atomic mass is 9.87. The largest absolute Gasteiger partial charge is 0.334 e. The summed E-state index contributed by atoms with van der Waals surface area (Å²) in [5.41, 5.74) is 3.74. The highest BCUT2D eigenvalue weighted by molar-refractivity contribution is 5.95. The number of hydrogen-bond acceptors (Lipinski definition) is 3. The van der Waals surface area contributed by atoms with E-state index in [0.29, 0.717) is 12.1 Å². The number of aryl methyl sites for hydroxylation is 1. The van der Waals surface area contributed by atoms with Gasteiger partial charge in [-0.2, -0.15) is 0 Å². The fourth-order valence-corrected chi connectivity index (χ4v) is 5.27. The van der Waals surface area contributed by atoms with Crippen molar-refractivity contribution in [2.24, 2.45) is 0 Å². The third kappa shape index (κ3) is 4.60. The van der Waals surface area contributed by atoms with Crippen molar-refractivity contribution < 1.29 is 4.79 Å². The molecule has 0 saturated carbocycles. The summed E-state index contributed by atoms with van der Waals surface area (Å²) in [7, 11) is 0. The molecule has 28 heavy (non-hydrogen) atoms. The van der Waals surface area contributed by atoms with E-state index in [-0.39, 0.29) is 5.91 Å². The first-order valence-corrected chi connectivity index (χ1v) is 11.6. The molecule has 2 aliphatic heterocycles. The number of benzene rings is 1. The van der Waals surface area contributed by atoms with Gasteiger partial charge in [-0.3, -0.25) is 4.79 Å². The van der Waals surface area contributed by atoms with Crippen LogP contribution >= 0.6 is 0 Å². The second-order valence-electron chi connectivity index (χ2n) is 9.03. The Morgan fingerprint density at radius 2 is 1.96 bits per heavy atom. The molecule has 1 N–H and O–H groups in total. The van der Waals surface area contributed by atoms with Crippen molar-refractivity contribution in [2.45, 2.75) is 76.8 Å². The minimum Gasteiger partial charge on any atom is -0.334 e. The van der Waals surface area contributed by atoms with Gasteiger partial charge in [0.2, 0.25) is 0 Å². The molecule has 2 heterocycles. The van der Waals surface area contributed by atoms with Crippen LogP contribution < -0.4 is 5.32 Å². The van der Waals surface area contributed by atoms with Gasteiger partial charge in [0.15, 0.2) is 0 Å². The van der Waals surface area contributed by atoms with Crippen LogP contribution in [0.25, 0.3) is 0 Å². The lowest BCUT2D eigenvalue weighted by Crippen LogP contribution is -2.42. The van der Waals surface area contributed by atoms with Crippen molar-refractivity contribution in [1.82, 2.24) is 15.1 Å². The number of carbonyl (C=O) groups is 1. The van der Waals surface area contributed by atoms with Crippen molar-refractivity contribution in [1.29, 1.82) is 0 Å². The molecule has 2 unspecified atom stereocenters. The minimum absolute atomic E-state index is 0.257. The van der Waals surface area contributed by atoms with E-state index >= 15 is 0 Å². The van der Waals surface area contributed by atoms with Crippen LogP contribution in [0.5, 0.6) is 0 Å². The molecule has 154 valence electrons. The Morgan fingerprint density at radius 3 is 2.79 bits per heavy atom. The van der Waals surface area contributed by atoms with Gasteiger partial charge < -0.3 is 15.1 Å². The Bertz CT molecular complexity index is 668. The topological polar surface area (TPSA) is 35.6 Å².